The first kappa shape index (κ1) is 15.5. The molecule has 1 fully saturated rings. The van der Waals surface area contributed by atoms with Crippen molar-refractivity contribution in [1.82, 2.24) is 0 Å². The zero-order valence-corrected chi connectivity index (χ0v) is 13.0. The van der Waals surface area contributed by atoms with E-state index in [-0.39, 0.29) is 5.91 Å². The van der Waals surface area contributed by atoms with Gasteiger partial charge in [-0.2, -0.15) is 5.26 Å². The number of hydrogen-bond acceptors (Lipinski definition) is 5. The summed E-state index contributed by atoms with van der Waals surface area (Å²) >= 11 is 1.23. The van der Waals surface area contributed by atoms with Crippen LogP contribution < -0.4 is 5.32 Å². The molecule has 0 unspecified atom stereocenters. The Morgan fingerprint density at radius 1 is 1.38 bits per heavy atom. The van der Waals surface area contributed by atoms with Gasteiger partial charge < -0.3 is 10.1 Å². The molecular weight excluding hydrogens is 288 g/mol. The zero-order chi connectivity index (χ0) is 15.5. The lowest BCUT2D eigenvalue weighted by atomic mass is 9.74. The molecule has 0 aromatic carbocycles. The van der Waals surface area contributed by atoms with Gasteiger partial charge in [0.2, 0.25) is 5.91 Å². The number of carbonyl (C=O) groups is 2. The maximum Gasteiger partial charge on any atom is 0.350 e. The molecule has 1 heterocycles. The largest absolute Gasteiger partial charge is 0.465 e. The number of nitrogens with one attached hydrogen (secondary N) is 1. The van der Waals surface area contributed by atoms with Gasteiger partial charge in [0.1, 0.15) is 10.3 Å². The molecule has 1 amide bonds. The van der Waals surface area contributed by atoms with E-state index in [2.05, 4.69) is 11.4 Å². The van der Waals surface area contributed by atoms with Crippen molar-refractivity contribution < 1.29 is 14.3 Å². The second-order valence-electron chi connectivity index (χ2n) is 5.32. The number of nitrogens with zero attached hydrogens (tertiary/aromatic N) is 1. The minimum absolute atomic E-state index is 0.309. The van der Waals surface area contributed by atoms with E-state index in [0.717, 1.165) is 24.8 Å². The summed E-state index contributed by atoms with van der Waals surface area (Å²) in [5.74, 6) is -0.783. The maximum atomic E-state index is 12.6. The molecule has 0 spiro atoms. The minimum Gasteiger partial charge on any atom is -0.465 e. The van der Waals surface area contributed by atoms with Crippen molar-refractivity contribution in [3.8, 4) is 6.07 Å². The summed E-state index contributed by atoms with van der Waals surface area (Å²) in [7, 11) is 1.31. The fraction of sp³-hybridized carbons (Fsp3) is 0.533. The topological polar surface area (TPSA) is 79.2 Å². The third kappa shape index (κ3) is 2.93. The molecule has 112 valence electrons. The number of ether oxygens (including phenoxy) is 1. The molecule has 2 rings (SSSR count). The Morgan fingerprint density at radius 2 is 2.05 bits per heavy atom. The van der Waals surface area contributed by atoms with Crippen molar-refractivity contribution in [1.29, 1.82) is 5.26 Å². The Balaban J connectivity index is 2.25. The fourth-order valence-electron chi connectivity index (χ4n) is 2.62. The van der Waals surface area contributed by atoms with E-state index in [1.807, 2.05) is 6.92 Å². The summed E-state index contributed by atoms with van der Waals surface area (Å²) in [6.45, 7) is 1.82. The van der Waals surface area contributed by atoms with Gasteiger partial charge in [-0.1, -0.05) is 19.3 Å². The standard InChI is InChI=1S/C15H18N2O3S/c1-10-8-21-12(13(18)20-2)11(10)17-14(19)15(9-16)6-4-3-5-7-15/h8H,3-7H2,1-2H3,(H,17,19). The van der Waals surface area contributed by atoms with Crippen LogP contribution in [-0.4, -0.2) is 19.0 Å². The van der Waals surface area contributed by atoms with E-state index in [1.54, 1.807) is 5.38 Å². The molecule has 1 aromatic rings. The van der Waals surface area contributed by atoms with Crippen molar-refractivity contribution >= 4 is 28.9 Å². The van der Waals surface area contributed by atoms with Crippen LogP contribution in [-0.2, 0) is 9.53 Å². The SMILES string of the molecule is COC(=O)c1scc(C)c1NC(=O)C1(C#N)CCCCC1. The number of esters is 1. The molecule has 0 aliphatic heterocycles. The predicted octanol–water partition coefficient (Wildman–Crippen LogP) is 3.26. The van der Waals surface area contributed by atoms with Gasteiger partial charge in [0.15, 0.2) is 0 Å². The van der Waals surface area contributed by atoms with Crippen molar-refractivity contribution in [2.45, 2.75) is 39.0 Å². The first-order chi connectivity index (χ1) is 10.0. The summed E-state index contributed by atoms with van der Waals surface area (Å²) in [5.41, 5.74) is 0.301. The van der Waals surface area contributed by atoms with Crippen molar-refractivity contribution in [3.63, 3.8) is 0 Å². The predicted molar refractivity (Wildman–Crippen MR) is 80.2 cm³/mol. The number of amides is 1. The highest BCUT2D eigenvalue weighted by Crippen LogP contribution is 2.38. The molecule has 6 heteroatoms. The summed E-state index contributed by atoms with van der Waals surface area (Å²) in [4.78, 5) is 24.6. The summed E-state index contributed by atoms with van der Waals surface area (Å²) < 4.78 is 4.72. The number of anilines is 1. The molecule has 1 aliphatic carbocycles. The Kier molecular flexibility index (Phi) is 4.63. The van der Waals surface area contributed by atoms with Crippen molar-refractivity contribution in [2.24, 2.45) is 5.41 Å². The molecule has 5 nitrogen and oxygen atoms in total. The van der Waals surface area contributed by atoms with Gasteiger partial charge in [-0.25, -0.2) is 4.79 Å². The normalized spacial score (nSPS) is 16.8. The molecule has 1 aliphatic rings. The number of thiophene rings is 1. The van der Waals surface area contributed by atoms with E-state index in [0.29, 0.717) is 23.4 Å². The third-order valence-electron chi connectivity index (χ3n) is 3.94. The summed E-state index contributed by atoms with van der Waals surface area (Å²) in [6.07, 6.45) is 3.97. The van der Waals surface area contributed by atoms with Gasteiger partial charge >= 0.3 is 5.97 Å². The quantitative estimate of drug-likeness (QED) is 0.869. The van der Waals surface area contributed by atoms with Crippen LogP contribution in [0.5, 0.6) is 0 Å². The zero-order valence-electron chi connectivity index (χ0n) is 12.2. The first-order valence-corrected chi connectivity index (χ1v) is 7.81. The van der Waals surface area contributed by atoms with E-state index < -0.39 is 11.4 Å². The average molecular weight is 306 g/mol. The monoisotopic (exact) mass is 306 g/mol. The number of hydrogen-bond donors (Lipinski definition) is 1. The number of nitriles is 1. The smallest absolute Gasteiger partial charge is 0.350 e. The minimum atomic E-state index is -0.972. The Labute approximate surface area is 127 Å². The molecule has 0 radical (unpaired) electrons. The molecule has 1 saturated carbocycles. The van der Waals surface area contributed by atoms with Crippen LogP contribution >= 0.6 is 11.3 Å². The van der Waals surface area contributed by atoms with Crippen LogP contribution in [0.2, 0.25) is 0 Å². The lowest BCUT2D eigenvalue weighted by molar-refractivity contribution is -0.124. The van der Waals surface area contributed by atoms with Crippen LogP contribution in [0.4, 0.5) is 5.69 Å². The van der Waals surface area contributed by atoms with Crippen LogP contribution in [0.15, 0.2) is 5.38 Å². The Bertz CT molecular complexity index is 595. The highest BCUT2D eigenvalue weighted by Gasteiger charge is 2.40. The second-order valence-corrected chi connectivity index (χ2v) is 6.20. The number of methoxy groups -OCH3 is 1. The summed E-state index contributed by atoms with van der Waals surface area (Å²) in [5, 5.41) is 14.0. The van der Waals surface area contributed by atoms with E-state index in [9.17, 15) is 14.9 Å². The average Bonchev–Trinajstić information content (AvgIpc) is 2.88. The van der Waals surface area contributed by atoms with Crippen LogP contribution in [0.3, 0.4) is 0 Å². The van der Waals surface area contributed by atoms with E-state index >= 15 is 0 Å². The van der Waals surface area contributed by atoms with Gasteiger partial charge in [-0.15, -0.1) is 11.3 Å². The Morgan fingerprint density at radius 3 is 2.62 bits per heavy atom. The first-order valence-electron chi connectivity index (χ1n) is 6.93. The van der Waals surface area contributed by atoms with Crippen LogP contribution in [0.25, 0.3) is 0 Å². The van der Waals surface area contributed by atoms with Crippen molar-refractivity contribution in [3.05, 3.63) is 15.8 Å². The maximum absolute atomic E-state index is 12.6. The van der Waals surface area contributed by atoms with Gasteiger partial charge in [0, 0.05) is 0 Å². The van der Waals surface area contributed by atoms with Gasteiger partial charge in [-0.05, 0) is 30.7 Å². The second kappa shape index (κ2) is 6.27. The van der Waals surface area contributed by atoms with E-state index in [1.165, 1.54) is 18.4 Å². The molecular formula is C15H18N2O3S. The molecule has 0 bridgehead atoms. The lowest BCUT2D eigenvalue weighted by Gasteiger charge is -2.29. The van der Waals surface area contributed by atoms with Crippen molar-refractivity contribution in [2.75, 3.05) is 12.4 Å². The molecule has 0 atom stereocenters. The molecule has 1 aromatic heterocycles. The molecule has 0 saturated heterocycles. The third-order valence-corrected chi connectivity index (χ3v) is 5.02. The van der Waals surface area contributed by atoms with E-state index in [4.69, 9.17) is 4.74 Å². The lowest BCUT2D eigenvalue weighted by Crippen LogP contribution is -2.37. The molecule has 1 N–H and O–H groups in total. The van der Waals surface area contributed by atoms with Gasteiger partial charge in [-0.3, -0.25) is 4.79 Å². The van der Waals surface area contributed by atoms with Crippen LogP contribution in [0.1, 0.15) is 47.3 Å². The summed E-state index contributed by atoms with van der Waals surface area (Å²) in [6, 6.07) is 2.19. The van der Waals surface area contributed by atoms with Gasteiger partial charge in [0.05, 0.1) is 18.9 Å². The Hall–Kier alpha value is -1.87. The highest BCUT2D eigenvalue weighted by atomic mass is 32.1. The highest BCUT2D eigenvalue weighted by molar-refractivity contribution is 7.12. The number of carbonyl (C=O) groups excluding carboxylic acids is 2. The number of rotatable bonds is 3. The number of aryl methyl sites for hydroxylation is 1. The fourth-order valence-corrected chi connectivity index (χ4v) is 3.54. The molecule has 21 heavy (non-hydrogen) atoms. The van der Waals surface area contributed by atoms with Crippen LogP contribution in [0, 0.1) is 23.7 Å². The van der Waals surface area contributed by atoms with Gasteiger partial charge in [0.25, 0.3) is 0 Å².